The molecule has 0 atom stereocenters. The smallest absolute Gasteiger partial charge is 0.321 e. The summed E-state index contributed by atoms with van der Waals surface area (Å²) in [5.41, 5.74) is 3.32. The summed E-state index contributed by atoms with van der Waals surface area (Å²) in [7, 11) is 0. The van der Waals surface area contributed by atoms with E-state index in [9.17, 15) is 9.59 Å². The van der Waals surface area contributed by atoms with Crippen molar-refractivity contribution in [3.63, 3.8) is 0 Å². The molecule has 2 aliphatic rings. The Morgan fingerprint density at radius 3 is 2.25 bits per heavy atom. The lowest BCUT2D eigenvalue weighted by molar-refractivity contribution is -0.134. The fourth-order valence-corrected chi connectivity index (χ4v) is 4.54. The highest BCUT2D eigenvalue weighted by atomic mass is 16.2. The van der Waals surface area contributed by atoms with Gasteiger partial charge in [-0.15, -0.1) is 0 Å². The van der Waals surface area contributed by atoms with Crippen LogP contribution in [0.2, 0.25) is 0 Å². The molecular weight excluding hydrogens is 400 g/mol. The van der Waals surface area contributed by atoms with Gasteiger partial charge in [-0.3, -0.25) is 9.78 Å². The van der Waals surface area contributed by atoms with Crippen LogP contribution in [0.15, 0.2) is 48.8 Å². The van der Waals surface area contributed by atoms with Gasteiger partial charge in [0, 0.05) is 56.6 Å². The third-order valence-electron chi connectivity index (χ3n) is 6.49. The van der Waals surface area contributed by atoms with Gasteiger partial charge in [0.2, 0.25) is 5.91 Å². The van der Waals surface area contributed by atoms with Gasteiger partial charge >= 0.3 is 6.03 Å². The molecule has 32 heavy (non-hydrogen) atoms. The summed E-state index contributed by atoms with van der Waals surface area (Å²) in [6, 6.07) is 12.2. The number of hydrogen-bond donors (Lipinski definition) is 1. The molecule has 4 rings (SSSR count). The molecule has 1 N–H and O–H groups in total. The Balaban J connectivity index is 1.24. The summed E-state index contributed by atoms with van der Waals surface area (Å²) >= 11 is 0. The second kappa shape index (κ2) is 9.31. The Morgan fingerprint density at radius 2 is 1.66 bits per heavy atom. The highest BCUT2D eigenvalue weighted by Gasteiger charge is 2.32. The molecule has 1 aromatic carbocycles. The number of aromatic nitrogens is 1. The van der Waals surface area contributed by atoms with E-state index in [1.165, 1.54) is 11.1 Å². The van der Waals surface area contributed by atoms with Crippen LogP contribution < -0.4 is 5.32 Å². The van der Waals surface area contributed by atoms with E-state index in [1.54, 1.807) is 6.20 Å². The van der Waals surface area contributed by atoms with Crippen molar-refractivity contribution in [3.05, 3.63) is 59.9 Å². The number of benzene rings is 1. The molecule has 3 amide bonds. The van der Waals surface area contributed by atoms with Crippen LogP contribution in [0.1, 0.15) is 63.0 Å². The molecule has 6 nitrogen and oxygen atoms in total. The zero-order valence-corrected chi connectivity index (χ0v) is 19.4. The largest absolute Gasteiger partial charge is 0.343 e. The highest BCUT2D eigenvalue weighted by molar-refractivity contribution is 5.90. The second-order valence-electron chi connectivity index (χ2n) is 10.3. The Kier molecular flexibility index (Phi) is 6.49. The minimum absolute atomic E-state index is 0.0317. The first-order chi connectivity index (χ1) is 15.3. The van der Waals surface area contributed by atoms with Crippen LogP contribution in [0, 0.1) is 5.41 Å². The third-order valence-corrected chi connectivity index (χ3v) is 6.49. The van der Waals surface area contributed by atoms with Gasteiger partial charge in [0.1, 0.15) is 0 Å². The Labute approximate surface area is 191 Å². The molecular formula is C26H34N4O2. The standard InChI is InChI=1S/C26H34N4O2/c1-26(2,3)15-24(31)29-13-10-20(11-14-29)19-6-8-23(9-7-19)28-25(32)30-17-22(18-30)21-5-4-12-27-16-21/h4-9,12,16,20,22H,10-11,13-15,17-18H2,1-3H3,(H,28,32). The normalized spacial score (nSPS) is 17.7. The van der Waals surface area contributed by atoms with Crippen LogP contribution in [-0.2, 0) is 4.79 Å². The quantitative estimate of drug-likeness (QED) is 0.748. The van der Waals surface area contributed by atoms with E-state index in [4.69, 9.17) is 0 Å². The number of nitrogens with zero attached hydrogens (tertiary/aromatic N) is 3. The predicted molar refractivity (Wildman–Crippen MR) is 127 cm³/mol. The van der Waals surface area contributed by atoms with Crippen LogP contribution in [0.5, 0.6) is 0 Å². The third kappa shape index (κ3) is 5.47. The lowest BCUT2D eigenvalue weighted by atomic mass is 9.87. The van der Waals surface area contributed by atoms with Gasteiger partial charge in [-0.25, -0.2) is 4.79 Å². The van der Waals surface area contributed by atoms with Crippen LogP contribution in [0.3, 0.4) is 0 Å². The molecule has 2 aromatic rings. The number of urea groups is 1. The van der Waals surface area contributed by atoms with Gasteiger partial charge in [-0.05, 0) is 53.5 Å². The van der Waals surface area contributed by atoms with Crippen LogP contribution in [0.4, 0.5) is 10.5 Å². The van der Waals surface area contributed by atoms with Crippen LogP contribution in [-0.4, -0.2) is 52.9 Å². The summed E-state index contributed by atoms with van der Waals surface area (Å²) in [6.07, 6.45) is 6.23. The highest BCUT2D eigenvalue weighted by Crippen LogP contribution is 2.31. The summed E-state index contributed by atoms with van der Waals surface area (Å²) in [6.45, 7) is 9.43. The average Bonchev–Trinajstić information content (AvgIpc) is 2.73. The lowest BCUT2D eigenvalue weighted by Gasteiger charge is -2.39. The Hall–Kier alpha value is -2.89. The average molecular weight is 435 g/mol. The van der Waals surface area contributed by atoms with Gasteiger partial charge in [0.05, 0.1) is 0 Å². The summed E-state index contributed by atoms with van der Waals surface area (Å²) in [5.74, 6) is 1.11. The van der Waals surface area contributed by atoms with Gasteiger partial charge in [0.15, 0.2) is 0 Å². The van der Waals surface area contributed by atoms with E-state index in [2.05, 4.69) is 49.3 Å². The fraction of sp³-hybridized carbons (Fsp3) is 0.500. The molecule has 0 aliphatic carbocycles. The monoisotopic (exact) mass is 434 g/mol. The van der Waals surface area contributed by atoms with Gasteiger partial charge < -0.3 is 15.1 Å². The van der Waals surface area contributed by atoms with Crippen molar-refractivity contribution in [2.45, 2.75) is 51.9 Å². The first-order valence-electron chi connectivity index (χ1n) is 11.6. The maximum atomic E-state index is 12.5. The molecule has 170 valence electrons. The maximum absolute atomic E-state index is 12.5. The molecule has 1 aromatic heterocycles. The first kappa shape index (κ1) is 22.3. The Morgan fingerprint density at radius 1 is 0.969 bits per heavy atom. The fourth-order valence-electron chi connectivity index (χ4n) is 4.54. The zero-order chi connectivity index (χ0) is 22.7. The number of carbonyl (C=O) groups is 2. The van der Waals surface area contributed by atoms with Crippen molar-refractivity contribution >= 4 is 17.6 Å². The van der Waals surface area contributed by atoms with E-state index in [1.807, 2.05) is 34.2 Å². The van der Waals surface area contributed by atoms with Crippen molar-refractivity contribution in [3.8, 4) is 0 Å². The van der Waals surface area contributed by atoms with E-state index in [0.717, 1.165) is 44.7 Å². The zero-order valence-electron chi connectivity index (χ0n) is 19.4. The molecule has 2 saturated heterocycles. The van der Waals surface area contributed by atoms with Crippen molar-refractivity contribution in [1.29, 1.82) is 0 Å². The minimum Gasteiger partial charge on any atom is -0.343 e. The minimum atomic E-state index is -0.0523. The number of amides is 3. The molecule has 0 spiro atoms. The van der Waals surface area contributed by atoms with Gasteiger partial charge in [0.25, 0.3) is 0 Å². The van der Waals surface area contributed by atoms with Crippen molar-refractivity contribution in [2.24, 2.45) is 5.41 Å². The number of hydrogen-bond acceptors (Lipinski definition) is 3. The van der Waals surface area contributed by atoms with Crippen LogP contribution in [0.25, 0.3) is 0 Å². The molecule has 0 radical (unpaired) electrons. The number of piperidine rings is 1. The number of pyridine rings is 1. The maximum Gasteiger partial charge on any atom is 0.321 e. The van der Waals surface area contributed by atoms with Crippen molar-refractivity contribution < 1.29 is 9.59 Å². The molecule has 3 heterocycles. The summed E-state index contributed by atoms with van der Waals surface area (Å²) in [4.78, 5) is 33.0. The van der Waals surface area contributed by atoms with Crippen LogP contribution >= 0.6 is 0 Å². The van der Waals surface area contributed by atoms with E-state index >= 15 is 0 Å². The molecule has 0 unspecified atom stereocenters. The lowest BCUT2D eigenvalue weighted by Crippen LogP contribution is -2.50. The number of anilines is 1. The van der Waals surface area contributed by atoms with E-state index in [-0.39, 0.29) is 17.4 Å². The van der Waals surface area contributed by atoms with Gasteiger partial charge in [-0.1, -0.05) is 39.0 Å². The molecule has 6 heteroatoms. The predicted octanol–water partition coefficient (Wildman–Crippen LogP) is 4.86. The number of rotatable bonds is 4. The number of likely N-dealkylation sites (tertiary alicyclic amines) is 2. The number of carbonyl (C=O) groups excluding carboxylic acids is 2. The first-order valence-corrected chi connectivity index (χ1v) is 11.6. The van der Waals surface area contributed by atoms with Crippen molar-refractivity contribution in [2.75, 3.05) is 31.5 Å². The SMILES string of the molecule is CC(C)(C)CC(=O)N1CCC(c2ccc(NC(=O)N3CC(c4cccnc4)C3)cc2)CC1. The second-order valence-corrected chi connectivity index (χ2v) is 10.3. The number of nitrogens with one attached hydrogen (secondary N) is 1. The molecule has 0 bridgehead atoms. The van der Waals surface area contributed by atoms with E-state index in [0.29, 0.717) is 18.3 Å². The van der Waals surface area contributed by atoms with Crippen molar-refractivity contribution in [1.82, 2.24) is 14.8 Å². The topological polar surface area (TPSA) is 65.5 Å². The van der Waals surface area contributed by atoms with Gasteiger partial charge in [-0.2, -0.15) is 0 Å². The summed E-state index contributed by atoms with van der Waals surface area (Å²) < 4.78 is 0. The van der Waals surface area contributed by atoms with E-state index < -0.39 is 0 Å². The molecule has 2 aliphatic heterocycles. The molecule has 2 fully saturated rings. The molecule has 0 saturated carbocycles. The Bertz CT molecular complexity index is 923. The summed E-state index contributed by atoms with van der Waals surface area (Å²) in [5, 5.41) is 3.01.